The smallest absolute Gasteiger partial charge is 0.165 e. The molecule has 0 amide bonds. The van der Waals surface area contributed by atoms with Crippen molar-refractivity contribution in [3.8, 4) is 5.75 Å². The Morgan fingerprint density at radius 2 is 1.86 bits per heavy atom. The van der Waals surface area contributed by atoms with Crippen molar-refractivity contribution < 1.29 is 9.50 Å². The molecule has 1 heterocycles. The highest BCUT2D eigenvalue weighted by Gasteiger charge is 2.35. The number of piperazine rings is 1. The average molecular weight is 337 g/mol. The summed E-state index contributed by atoms with van der Waals surface area (Å²) in [6.45, 7) is 3.88. The minimum Gasteiger partial charge on any atom is -0.505 e. The second kappa shape index (κ2) is 8.18. The van der Waals surface area contributed by atoms with Gasteiger partial charge in [0.05, 0.1) is 0 Å². The zero-order valence-electron chi connectivity index (χ0n) is 11.9. The highest BCUT2D eigenvalue weighted by Crippen LogP contribution is 2.44. The molecule has 1 aliphatic heterocycles. The summed E-state index contributed by atoms with van der Waals surface area (Å²) in [5.74, 6) is -0.0966. The van der Waals surface area contributed by atoms with Gasteiger partial charge in [-0.15, -0.1) is 24.8 Å². The van der Waals surface area contributed by atoms with E-state index < -0.39 is 5.82 Å². The zero-order chi connectivity index (χ0) is 13.2. The molecule has 2 aliphatic rings. The van der Waals surface area contributed by atoms with Crippen LogP contribution in [0.5, 0.6) is 5.75 Å². The summed E-state index contributed by atoms with van der Waals surface area (Å²) in [6, 6.07) is 5.09. The SMILES string of the molecule is Cl.Cl.Oc1c(F)cccc1[C@H](C1CCC1)N1CCNCC1. The van der Waals surface area contributed by atoms with Gasteiger partial charge in [-0.1, -0.05) is 18.6 Å². The summed E-state index contributed by atoms with van der Waals surface area (Å²) in [5.41, 5.74) is 0.770. The van der Waals surface area contributed by atoms with Crippen LogP contribution >= 0.6 is 24.8 Å². The van der Waals surface area contributed by atoms with Gasteiger partial charge in [0, 0.05) is 37.8 Å². The predicted molar refractivity (Wildman–Crippen MR) is 87.1 cm³/mol. The molecule has 0 spiro atoms. The van der Waals surface area contributed by atoms with E-state index in [0.29, 0.717) is 5.92 Å². The summed E-state index contributed by atoms with van der Waals surface area (Å²) < 4.78 is 13.6. The largest absolute Gasteiger partial charge is 0.505 e. The van der Waals surface area contributed by atoms with E-state index in [9.17, 15) is 9.50 Å². The molecule has 0 radical (unpaired) electrons. The van der Waals surface area contributed by atoms with Gasteiger partial charge in [0.25, 0.3) is 0 Å². The minimum atomic E-state index is -0.503. The number of hydrogen-bond acceptors (Lipinski definition) is 3. The lowest BCUT2D eigenvalue weighted by Gasteiger charge is -2.43. The quantitative estimate of drug-likeness (QED) is 0.890. The topological polar surface area (TPSA) is 35.5 Å². The number of nitrogens with zero attached hydrogens (tertiary/aromatic N) is 1. The number of phenols is 1. The van der Waals surface area contributed by atoms with Crippen molar-refractivity contribution in [2.24, 2.45) is 5.92 Å². The molecule has 1 aliphatic carbocycles. The van der Waals surface area contributed by atoms with Crippen LogP contribution in [0.4, 0.5) is 4.39 Å². The monoisotopic (exact) mass is 336 g/mol. The summed E-state index contributed by atoms with van der Waals surface area (Å²) in [7, 11) is 0. The van der Waals surface area contributed by atoms with Crippen LogP contribution in [0.15, 0.2) is 18.2 Å². The van der Waals surface area contributed by atoms with Crippen LogP contribution in [0.25, 0.3) is 0 Å². The van der Waals surface area contributed by atoms with Gasteiger partial charge < -0.3 is 10.4 Å². The fraction of sp³-hybridized carbons (Fsp3) is 0.600. The fourth-order valence-corrected chi connectivity index (χ4v) is 3.24. The summed E-state index contributed by atoms with van der Waals surface area (Å²) in [6.07, 6.45) is 3.62. The molecule has 0 aromatic heterocycles. The number of aromatic hydroxyl groups is 1. The van der Waals surface area contributed by atoms with Crippen LogP contribution in [-0.4, -0.2) is 36.2 Å². The second-order valence-corrected chi connectivity index (χ2v) is 5.60. The second-order valence-electron chi connectivity index (χ2n) is 5.60. The molecule has 1 atom stereocenters. The summed E-state index contributed by atoms with van der Waals surface area (Å²) in [5, 5.41) is 13.4. The first-order valence-electron chi connectivity index (χ1n) is 7.19. The van der Waals surface area contributed by atoms with E-state index in [1.807, 2.05) is 6.07 Å². The average Bonchev–Trinajstić information content (AvgIpc) is 2.38. The van der Waals surface area contributed by atoms with Gasteiger partial charge in [0.15, 0.2) is 11.6 Å². The molecular weight excluding hydrogens is 314 g/mol. The van der Waals surface area contributed by atoms with Crippen LogP contribution in [0.3, 0.4) is 0 Å². The molecule has 6 heteroatoms. The standard InChI is InChI=1S/C15H21FN2O.2ClH/c16-13-6-2-5-12(15(13)19)14(11-3-1-4-11)18-9-7-17-8-10-18;;/h2,5-6,11,14,17,19H,1,3-4,7-10H2;2*1H/t14-;;/m0../s1. The lowest BCUT2D eigenvalue weighted by molar-refractivity contribution is 0.0815. The Labute approximate surface area is 137 Å². The van der Waals surface area contributed by atoms with Gasteiger partial charge in [-0.05, 0) is 24.8 Å². The molecule has 3 rings (SSSR count). The van der Waals surface area contributed by atoms with Crippen LogP contribution in [-0.2, 0) is 0 Å². The molecule has 120 valence electrons. The Bertz CT molecular complexity index is 451. The van der Waals surface area contributed by atoms with Crippen LogP contribution in [0.2, 0.25) is 0 Å². The van der Waals surface area contributed by atoms with Gasteiger partial charge in [-0.3, -0.25) is 4.90 Å². The third-order valence-corrected chi connectivity index (χ3v) is 4.48. The molecule has 1 saturated heterocycles. The van der Waals surface area contributed by atoms with E-state index in [2.05, 4.69) is 10.2 Å². The molecule has 0 unspecified atom stereocenters. The van der Waals surface area contributed by atoms with E-state index in [-0.39, 0.29) is 36.6 Å². The Morgan fingerprint density at radius 1 is 1.19 bits per heavy atom. The Hall–Kier alpha value is -0.550. The number of halogens is 3. The third-order valence-electron chi connectivity index (χ3n) is 4.48. The van der Waals surface area contributed by atoms with Gasteiger partial charge in [-0.25, -0.2) is 4.39 Å². The van der Waals surface area contributed by atoms with Crippen molar-refractivity contribution in [2.45, 2.75) is 25.3 Å². The number of para-hydroxylation sites is 1. The van der Waals surface area contributed by atoms with Crippen molar-refractivity contribution >= 4 is 24.8 Å². The minimum absolute atomic E-state index is 0. The lowest BCUT2D eigenvalue weighted by Crippen LogP contribution is -2.47. The molecule has 3 nitrogen and oxygen atoms in total. The first-order chi connectivity index (χ1) is 9.27. The molecular formula is C15H23Cl2FN2O. The first kappa shape index (κ1) is 18.5. The number of hydrogen-bond donors (Lipinski definition) is 2. The van der Waals surface area contributed by atoms with Crippen molar-refractivity contribution in [1.29, 1.82) is 0 Å². The van der Waals surface area contributed by atoms with Crippen LogP contribution in [0, 0.1) is 11.7 Å². The first-order valence-corrected chi connectivity index (χ1v) is 7.19. The van der Waals surface area contributed by atoms with Crippen molar-refractivity contribution in [1.82, 2.24) is 10.2 Å². The van der Waals surface area contributed by atoms with E-state index in [4.69, 9.17) is 0 Å². The van der Waals surface area contributed by atoms with Gasteiger partial charge in [-0.2, -0.15) is 0 Å². The highest BCUT2D eigenvalue weighted by atomic mass is 35.5. The maximum Gasteiger partial charge on any atom is 0.165 e. The van der Waals surface area contributed by atoms with Crippen molar-refractivity contribution in [3.63, 3.8) is 0 Å². The number of benzene rings is 1. The van der Waals surface area contributed by atoms with E-state index in [1.54, 1.807) is 6.07 Å². The van der Waals surface area contributed by atoms with Crippen LogP contribution < -0.4 is 5.32 Å². The molecule has 1 aromatic rings. The van der Waals surface area contributed by atoms with Crippen molar-refractivity contribution in [2.75, 3.05) is 26.2 Å². The van der Waals surface area contributed by atoms with Gasteiger partial charge >= 0.3 is 0 Å². The zero-order valence-corrected chi connectivity index (χ0v) is 13.6. The molecule has 1 saturated carbocycles. The van der Waals surface area contributed by atoms with Gasteiger partial charge in [0.2, 0.25) is 0 Å². The molecule has 1 aromatic carbocycles. The highest BCUT2D eigenvalue weighted by molar-refractivity contribution is 5.85. The van der Waals surface area contributed by atoms with Crippen LogP contribution in [0.1, 0.15) is 30.9 Å². The van der Waals surface area contributed by atoms with E-state index in [1.165, 1.54) is 25.3 Å². The lowest BCUT2D eigenvalue weighted by atomic mass is 9.76. The van der Waals surface area contributed by atoms with E-state index >= 15 is 0 Å². The molecule has 2 fully saturated rings. The Kier molecular flexibility index (Phi) is 7.21. The maximum atomic E-state index is 13.6. The predicted octanol–water partition coefficient (Wildman–Crippen LogP) is 3.12. The molecule has 2 N–H and O–H groups in total. The van der Waals surface area contributed by atoms with Gasteiger partial charge in [0.1, 0.15) is 0 Å². The van der Waals surface area contributed by atoms with E-state index in [0.717, 1.165) is 31.7 Å². The number of phenolic OH excluding ortho intramolecular Hbond substituents is 1. The normalized spacial score (nSPS) is 20.8. The molecule has 21 heavy (non-hydrogen) atoms. The molecule has 0 bridgehead atoms. The fourth-order valence-electron chi connectivity index (χ4n) is 3.24. The maximum absolute atomic E-state index is 13.6. The summed E-state index contributed by atoms with van der Waals surface area (Å²) in [4.78, 5) is 2.40. The number of nitrogens with one attached hydrogen (secondary N) is 1. The summed E-state index contributed by atoms with van der Waals surface area (Å²) >= 11 is 0. The van der Waals surface area contributed by atoms with Crippen molar-refractivity contribution in [3.05, 3.63) is 29.6 Å². The number of rotatable bonds is 3. The Morgan fingerprint density at radius 3 is 2.43 bits per heavy atom. The Balaban J connectivity index is 0.00000110. The third kappa shape index (κ3) is 3.81.